The molecule has 10 heteroatoms. The van der Waals surface area contributed by atoms with Crippen molar-refractivity contribution in [3.8, 4) is 0 Å². The Morgan fingerprint density at radius 1 is 1.38 bits per heavy atom. The van der Waals surface area contributed by atoms with E-state index in [1.54, 1.807) is 7.05 Å². The quantitative estimate of drug-likeness (QED) is 0.742. The molecular formula is C16H23N7O3. The number of anilines is 1. The fourth-order valence-corrected chi connectivity index (χ4v) is 3.04. The van der Waals surface area contributed by atoms with Gasteiger partial charge in [-0.15, -0.1) is 5.10 Å². The Morgan fingerprint density at radius 2 is 2.19 bits per heavy atom. The number of hydrogen-bond acceptors (Lipinski definition) is 6. The van der Waals surface area contributed by atoms with E-state index in [-0.39, 0.29) is 30.1 Å². The van der Waals surface area contributed by atoms with Crippen LogP contribution in [0.1, 0.15) is 55.2 Å². The van der Waals surface area contributed by atoms with Crippen LogP contribution in [0.2, 0.25) is 0 Å². The summed E-state index contributed by atoms with van der Waals surface area (Å²) in [6, 6.07) is 1.86. The van der Waals surface area contributed by atoms with Gasteiger partial charge in [0.25, 0.3) is 5.91 Å². The number of hydrogen-bond donors (Lipinski definition) is 3. The van der Waals surface area contributed by atoms with E-state index in [4.69, 9.17) is 4.74 Å². The summed E-state index contributed by atoms with van der Waals surface area (Å²) in [5.41, 5.74) is 1.26. The van der Waals surface area contributed by atoms with E-state index in [1.807, 2.05) is 19.9 Å². The predicted molar refractivity (Wildman–Crippen MR) is 92.7 cm³/mol. The Kier molecular flexibility index (Phi) is 5.19. The molecule has 1 fully saturated rings. The van der Waals surface area contributed by atoms with Crippen molar-refractivity contribution in [3.05, 3.63) is 23.7 Å². The Labute approximate surface area is 150 Å². The number of rotatable bonds is 5. The van der Waals surface area contributed by atoms with Gasteiger partial charge >= 0.3 is 6.09 Å². The van der Waals surface area contributed by atoms with Crippen molar-refractivity contribution in [2.75, 3.05) is 5.32 Å². The summed E-state index contributed by atoms with van der Waals surface area (Å²) in [5.74, 6) is 0.324. The molecule has 1 aliphatic carbocycles. The molecule has 3 rings (SSSR count). The summed E-state index contributed by atoms with van der Waals surface area (Å²) >= 11 is 0. The van der Waals surface area contributed by atoms with Gasteiger partial charge in [0.05, 0.1) is 6.20 Å². The van der Waals surface area contributed by atoms with Gasteiger partial charge in [-0.1, -0.05) is 5.21 Å². The molecule has 2 atom stereocenters. The number of nitrogens with one attached hydrogen (secondary N) is 3. The van der Waals surface area contributed by atoms with Crippen LogP contribution < -0.4 is 10.6 Å². The zero-order valence-corrected chi connectivity index (χ0v) is 15.0. The van der Waals surface area contributed by atoms with Gasteiger partial charge in [-0.05, 0) is 33.1 Å². The zero-order chi connectivity index (χ0) is 18.7. The molecule has 0 spiro atoms. The normalized spacial score (nSPS) is 19.5. The van der Waals surface area contributed by atoms with Crippen LogP contribution >= 0.6 is 0 Å². The molecule has 0 radical (unpaired) electrons. The third-order valence-corrected chi connectivity index (χ3v) is 4.29. The van der Waals surface area contributed by atoms with Crippen molar-refractivity contribution < 1.29 is 14.3 Å². The minimum Gasteiger partial charge on any atom is -0.446 e. The van der Waals surface area contributed by atoms with Crippen LogP contribution in [-0.4, -0.2) is 49.3 Å². The van der Waals surface area contributed by atoms with E-state index in [0.29, 0.717) is 11.5 Å². The smallest absolute Gasteiger partial charge is 0.407 e. The largest absolute Gasteiger partial charge is 0.446 e. The highest BCUT2D eigenvalue weighted by Crippen LogP contribution is 2.35. The van der Waals surface area contributed by atoms with Crippen molar-refractivity contribution in [1.82, 2.24) is 30.5 Å². The van der Waals surface area contributed by atoms with E-state index < -0.39 is 0 Å². The standard InChI is InChI=1S/C16H23N7O3/c1-9(2)18-16(25)26-11-5-4-10(6-11)12-7-14(21-20-12)19-15(24)13-8-17-22-23(13)3/h7-11H,4-6H2,1-3H3,(H,18,25)(H2,19,20,21,24)/t10-,11+/m0/s1. The van der Waals surface area contributed by atoms with Crippen LogP contribution in [0.3, 0.4) is 0 Å². The van der Waals surface area contributed by atoms with Gasteiger partial charge in [0.15, 0.2) is 5.82 Å². The Morgan fingerprint density at radius 3 is 2.88 bits per heavy atom. The van der Waals surface area contributed by atoms with Crippen LogP contribution in [-0.2, 0) is 11.8 Å². The van der Waals surface area contributed by atoms with Crippen LogP contribution in [0.25, 0.3) is 0 Å². The molecule has 2 aromatic heterocycles. The van der Waals surface area contributed by atoms with Crippen LogP contribution in [0.15, 0.2) is 12.3 Å². The highest BCUT2D eigenvalue weighted by atomic mass is 16.6. The highest BCUT2D eigenvalue weighted by molar-refractivity contribution is 6.02. The van der Waals surface area contributed by atoms with Crippen molar-refractivity contribution in [1.29, 1.82) is 0 Å². The molecular weight excluding hydrogens is 338 g/mol. The monoisotopic (exact) mass is 361 g/mol. The summed E-state index contributed by atoms with van der Waals surface area (Å²) in [5, 5.41) is 20.0. The van der Waals surface area contributed by atoms with Gasteiger partial charge in [-0.2, -0.15) is 5.10 Å². The van der Waals surface area contributed by atoms with Gasteiger partial charge in [-0.3, -0.25) is 9.89 Å². The summed E-state index contributed by atoms with van der Waals surface area (Å²) in [6.45, 7) is 3.78. The zero-order valence-electron chi connectivity index (χ0n) is 15.0. The molecule has 0 aromatic carbocycles. The second-order valence-electron chi connectivity index (χ2n) is 6.74. The van der Waals surface area contributed by atoms with E-state index in [2.05, 4.69) is 31.1 Å². The number of ether oxygens (including phenoxy) is 1. The maximum absolute atomic E-state index is 12.2. The molecule has 26 heavy (non-hydrogen) atoms. The SMILES string of the molecule is CC(C)NC(=O)O[C@@H]1CC[C@H](c2cc(NC(=O)c3cnnn3C)n[nH]2)C1. The fraction of sp³-hybridized carbons (Fsp3) is 0.562. The van der Waals surface area contributed by atoms with Crippen molar-refractivity contribution >= 4 is 17.8 Å². The fourth-order valence-electron chi connectivity index (χ4n) is 3.04. The maximum atomic E-state index is 12.2. The molecule has 2 aromatic rings. The third kappa shape index (κ3) is 4.19. The van der Waals surface area contributed by atoms with Gasteiger partial charge in [0.2, 0.25) is 0 Å². The molecule has 140 valence electrons. The van der Waals surface area contributed by atoms with Crippen molar-refractivity contribution in [2.24, 2.45) is 7.05 Å². The first-order valence-electron chi connectivity index (χ1n) is 8.61. The van der Waals surface area contributed by atoms with Gasteiger partial charge in [-0.25, -0.2) is 9.48 Å². The second-order valence-corrected chi connectivity index (χ2v) is 6.74. The lowest BCUT2D eigenvalue weighted by atomic mass is 10.0. The number of carbonyl (C=O) groups excluding carboxylic acids is 2. The molecule has 3 N–H and O–H groups in total. The lowest BCUT2D eigenvalue weighted by molar-refractivity contribution is 0.0979. The summed E-state index contributed by atoms with van der Waals surface area (Å²) in [7, 11) is 1.64. The number of H-pyrrole nitrogens is 1. The molecule has 1 aliphatic rings. The van der Waals surface area contributed by atoms with Crippen molar-refractivity contribution in [3.63, 3.8) is 0 Å². The number of aromatic amines is 1. The van der Waals surface area contributed by atoms with E-state index in [1.165, 1.54) is 10.9 Å². The van der Waals surface area contributed by atoms with Gasteiger partial charge in [0, 0.05) is 30.8 Å². The molecule has 0 saturated heterocycles. The first kappa shape index (κ1) is 17.9. The Balaban J connectivity index is 1.54. The van der Waals surface area contributed by atoms with E-state index in [9.17, 15) is 9.59 Å². The number of alkyl carbamates (subject to hydrolysis) is 1. The van der Waals surface area contributed by atoms with Crippen LogP contribution in [0.4, 0.5) is 10.6 Å². The van der Waals surface area contributed by atoms with Gasteiger partial charge < -0.3 is 15.4 Å². The molecule has 0 bridgehead atoms. The van der Waals surface area contributed by atoms with Gasteiger partial charge in [0.1, 0.15) is 11.8 Å². The predicted octanol–water partition coefficient (Wildman–Crippen LogP) is 1.56. The third-order valence-electron chi connectivity index (χ3n) is 4.29. The number of aromatic nitrogens is 5. The summed E-state index contributed by atoms with van der Waals surface area (Å²) in [6.07, 6.45) is 3.32. The lowest BCUT2D eigenvalue weighted by Gasteiger charge is -2.14. The summed E-state index contributed by atoms with van der Waals surface area (Å²) < 4.78 is 6.83. The number of nitrogens with zero attached hydrogens (tertiary/aromatic N) is 4. The summed E-state index contributed by atoms with van der Waals surface area (Å²) in [4.78, 5) is 23.9. The Hall–Kier alpha value is -2.91. The van der Waals surface area contributed by atoms with Crippen molar-refractivity contribution in [2.45, 2.75) is 51.2 Å². The topological polar surface area (TPSA) is 127 Å². The molecule has 0 aliphatic heterocycles. The van der Waals surface area contributed by atoms with E-state index in [0.717, 1.165) is 25.0 Å². The van der Waals surface area contributed by atoms with Crippen LogP contribution in [0, 0.1) is 0 Å². The van der Waals surface area contributed by atoms with Crippen LogP contribution in [0.5, 0.6) is 0 Å². The number of amides is 2. The first-order chi connectivity index (χ1) is 12.4. The molecule has 2 amide bonds. The second kappa shape index (κ2) is 7.54. The number of carbonyl (C=O) groups is 2. The first-order valence-corrected chi connectivity index (χ1v) is 8.61. The lowest BCUT2D eigenvalue weighted by Crippen LogP contribution is -2.33. The maximum Gasteiger partial charge on any atom is 0.407 e. The average molecular weight is 361 g/mol. The molecule has 10 nitrogen and oxygen atoms in total. The minimum atomic E-state index is -0.381. The minimum absolute atomic E-state index is 0.0492. The number of aryl methyl sites for hydroxylation is 1. The molecule has 2 heterocycles. The average Bonchev–Trinajstić information content (AvgIpc) is 3.27. The highest BCUT2D eigenvalue weighted by Gasteiger charge is 2.30. The molecule has 1 saturated carbocycles. The van der Waals surface area contributed by atoms with E-state index >= 15 is 0 Å². The Bertz CT molecular complexity index is 782. The molecule has 0 unspecified atom stereocenters.